The monoisotopic (exact) mass is 470 g/mol. The average Bonchev–Trinajstić information content (AvgIpc) is 3.33. The van der Waals surface area contributed by atoms with Gasteiger partial charge in [0.2, 0.25) is 17.8 Å². The van der Waals surface area contributed by atoms with Gasteiger partial charge in [-0.1, -0.05) is 5.16 Å². The first kappa shape index (κ1) is 22.3. The van der Waals surface area contributed by atoms with Crippen molar-refractivity contribution in [3.63, 3.8) is 0 Å². The number of piperidine rings is 1. The summed E-state index contributed by atoms with van der Waals surface area (Å²) in [6.45, 7) is 0.751. The van der Waals surface area contributed by atoms with E-state index in [0.29, 0.717) is 24.2 Å². The number of thioether (sulfide) groups is 1. The van der Waals surface area contributed by atoms with E-state index in [1.54, 1.807) is 12.1 Å². The lowest BCUT2D eigenvalue weighted by atomic mass is 10.0. The van der Waals surface area contributed by atoms with E-state index in [2.05, 4.69) is 20.4 Å². The van der Waals surface area contributed by atoms with E-state index in [-0.39, 0.29) is 47.2 Å². The second kappa shape index (κ2) is 8.93. The van der Waals surface area contributed by atoms with E-state index in [1.807, 2.05) is 11.9 Å². The molecule has 3 aromatic heterocycles. The molecule has 170 valence electrons. The quantitative estimate of drug-likeness (QED) is 0.253. The van der Waals surface area contributed by atoms with Crippen molar-refractivity contribution >= 4 is 29.0 Å². The van der Waals surface area contributed by atoms with Gasteiger partial charge >= 0.3 is 5.51 Å². The zero-order chi connectivity index (χ0) is 22.9. The van der Waals surface area contributed by atoms with Gasteiger partial charge in [0, 0.05) is 31.0 Å². The third kappa shape index (κ3) is 4.79. The highest BCUT2D eigenvalue weighted by atomic mass is 32.2. The van der Waals surface area contributed by atoms with Crippen LogP contribution in [0.15, 0.2) is 38.9 Å². The van der Waals surface area contributed by atoms with E-state index in [9.17, 15) is 22.4 Å². The molecule has 1 aliphatic rings. The fourth-order valence-corrected chi connectivity index (χ4v) is 4.35. The molecule has 0 unspecified atom stereocenters. The first-order valence-corrected chi connectivity index (χ1v) is 10.4. The molecular formula is C19H18F4N6O2S. The van der Waals surface area contributed by atoms with Crippen LogP contribution < -0.4 is 5.32 Å². The maximum atomic E-state index is 14.5. The third-order valence-electron chi connectivity index (χ3n) is 5.05. The van der Waals surface area contributed by atoms with E-state index in [1.165, 1.54) is 22.7 Å². The summed E-state index contributed by atoms with van der Waals surface area (Å²) in [6, 6.07) is 4.30. The fourth-order valence-electron chi connectivity index (χ4n) is 3.62. The highest BCUT2D eigenvalue weighted by Crippen LogP contribution is 2.43. The molecule has 0 amide bonds. The normalized spacial score (nSPS) is 19.8. The Morgan fingerprint density at radius 2 is 2.25 bits per heavy atom. The van der Waals surface area contributed by atoms with Crippen LogP contribution in [0.25, 0.3) is 16.9 Å². The molecule has 1 fully saturated rings. The topological polar surface area (TPSA) is 88.0 Å². The van der Waals surface area contributed by atoms with Crippen molar-refractivity contribution in [2.24, 2.45) is 4.99 Å². The number of carbonyl (C=O) groups excluding carboxylic acids is 1. The fraction of sp³-hybridized carbons (Fsp3) is 0.421. The number of fused-ring (bicyclic) bond motifs is 1. The molecule has 3 aromatic rings. The van der Waals surface area contributed by atoms with Gasteiger partial charge in [-0.2, -0.15) is 23.1 Å². The Morgan fingerprint density at radius 1 is 1.44 bits per heavy atom. The van der Waals surface area contributed by atoms with Crippen LogP contribution in [-0.2, 0) is 11.3 Å². The van der Waals surface area contributed by atoms with Crippen LogP contribution in [-0.4, -0.2) is 63.4 Å². The van der Waals surface area contributed by atoms with E-state index < -0.39 is 17.7 Å². The van der Waals surface area contributed by atoms with Crippen molar-refractivity contribution < 1.29 is 26.9 Å². The summed E-state index contributed by atoms with van der Waals surface area (Å²) in [5.41, 5.74) is -3.57. The Labute approximate surface area is 183 Å². The molecule has 8 nitrogen and oxygen atoms in total. The molecule has 0 saturated carbocycles. The van der Waals surface area contributed by atoms with Gasteiger partial charge in [-0.3, -0.25) is 0 Å². The Hall–Kier alpha value is -2.89. The minimum Gasteiger partial charge on any atom is -0.378 e. The van der Waals surface area contributed by atoms with Crippen LogP contribution in [0, 0.1) is 0 Å². The molecule has 0 aliphatic carbocycles. The van der Waals surface area contributed by atoms with Crippen molar-refractivity contribution in [2.45, 2.75) is 35.7 Å². The zero-order valence-corrected chi connectivity index (χ0v) is 17.6. The Kier molecular flexibility index (Phi) is 6.22. The van der Waals surface area contributed by atoms with Crippen molar-refractivity contribution in [2.75, 3.05) is 25.5 Å². The van der Waals surface area contributed by atoms with Crippen LogP contribution in [0.3, 0.4) is 0 Å². The molecule has 13 heteroatoms. The molecule has 0 radical (unpaired) electrons. The van der Waals surface area contributed by atoms with Crippen LogP contribution >= 0.6 is 11.8 Å². The molecule has 32 heavy (non-hydrogen) atoms. The van der Waals surface area contributed by atoms with Gasteiger partial charge in [-0.05, 0) is 31.7 Å². The number of aliphatic imine (C=N–C) groups is 1. The lowest BCUT2D eigenvalue weighted by molar-refractivity contribution is -0.0329. The minimum atomic E-state index is -4.57. The highest BCUT2D eigenvalue weighted by Gasteiger charge is 2.34. The molecule has 1 saturated heterocycles. The lowest BCUT2D eigenvalue weighted by Gasteiger charge is -2.33. The summed E-state index contributed by atoms with van der Waals surface area (Å²) in [5, 5.41) is 6.72. The predicted octanol–water partition coefficient (Wildman–Crippen LogP) is 3.89. The summed E-state index contributed by atoms with van der Waals surface area (Å²) in [6.07, 6.45) is 2.25. The molecule has 0 bridgehead atoms. The zero-order valence-electron chi connectivity index (χ0n) is 16.8. The van der Waals surface area contributed by atoms with Crippen LogP contribution in [0.2, 0.25) is 0 Å². The molecule has 1 aliphatic heterocycles. The van der Waals surface area contributed by atoms with Gasteiger partial charge in [0.1, 0.15) is 12.7 Å². The number of rotatable bonds is 6. The third-order valence-corrected chi connectivity index (χ3v) is 5.89. The van der Waals surface area contributed by atoms with Crippen LogP contribution in [0.5, 0.6) is 0 Å². The SMILES string of the molecule is CN1CC[C@@H](Nc2cccn3c(SC(F)(F)F)c(-c4noc(CN=C=O)n4)cc23)[C@@H](F)C1. The number of hydrogen-bond acceptors (Lipinski definition) is 8. The number of anilines is 1. The summed E-state index contributed by atoms with van der Waals surface area (Å²) >= 11 is -0.312. The Balaban J connectivity index is 1.76. The summed E-state index contributed by atoms with van der Waals surface area (Å²) < 4.78 is 60.9. The second-order valence-corrected chi connectivity index (χ2v) is 8.38. The van der Waals surface area contributed by atoms with Crippen molar-refractivity contribution in [1.82, 2.24) is 19.4 Å². The van der Waals surface area contributed by atoms with Gasteiger partial charge in [0.05, 0.1) is 27.8 Å². The van der Waals surface area contributed by atoms with Crippen molar-refractivity contribution in [3.8, 4) is 11.4 Å². The molecule has 1 N–H and O–H groups in total. The molecule has 4 rings (SSSR count). The number of hydrogen-bond donors (Lipinski definition) is 1. The number of halogens is 4. The summed E-state index contributed by atoms with van der Waals surface area (Å²) in [4.78, 5) is 19.5. The van der Waals surface area contributed by atoms with Crippen molar-refractivity contribution in [3.05, 3.63) is 30.3 Å². The first-order chi connectivity index (χ1) is 15.2. The number of alkyl halides is 4. The van der Waals surface area contributed by atoms with E-state index in [0.717, 1.165) is 0 Å². The number of aromatic nitrogens is 3. The van der Waals surface area contributed by atoms with Gasteiger partial charge in [0.25, 0.3) is 0 Å². The lowest BCUT2D eigenvalue weighted by Crippen LogP contribution is -2.46. The predicted molar refractivity (Wildman–Crippen MR) is 109 cm³/mol. The first-order valence-electron chi connectivity index (χ1n) is 9.60. The molecule has 4 heterocycles. The Bertz CT molecular complexity index is 1160. The Morgan fingerprint density at radius 3 is 2.97 bits per heavy atom. The number of isocyanates is 1. The van der Waals surface area contributed by atoms with Crippen LogP contribution in [0.4, 0.5) is 23.2 Å². The van der Waals surface area contributed by atoms with Gasteiger partial charge in [-0.15, -0.1) is 0 Å². The largest absolute Gasteiger partial charge is 0.447 e. The summed E-state index contributed by atoms with van der Waals surface area (Å²) in [7, 11) is 1.84. The van der Waals surface area contributed by atoms with Crippen LogP contribution in [0.1, 0.15) is 12.3 Å². The van der Waals surface area contributed by atoms with Gasteiger partial charge in [-0.25, -0.2) is 9.18 Å². The minimum absolute atomic E-state index is 0.0356. The highest BCUT2D eigenvalue weighted by molar-refractivity contribution is 8.00. The molecule has 0 spiro atoms. The molecule has 2 atom stereocenters. The van der Waals surface area contributed by atoms with Gasteiger partial charge in [0.15, 0.2) is 0 Å². The molecule has 0 aromatic carbocycles. The van der Waals surface area contributed by atoms with Crippen molar-refractivity contribution in [1.29, 1.82) is 0 Å². The maximum absolute atomic E-state index is 14.5. The maximum Gasteiger partial charge on any atom is 0.447 e. The number of pyridine rings is 1. The number of nitrogens with one attached hydrogen (secondary N) is 1. The van der Waals surface area contributed by atoms with E-state index in [4.69, 9.17) is 4.52 Å². The number of likely N-dealkylation sites (tertiary alicyclic amines) is 1. The van der Waals surface area contributed by atoms with E-state index >= 15 is 0 Å². The smallest absolute Gasteiger partial charge is 0.378 e. The number of nitrogens with zero attached hydrogens (tertiary/aromatic N) is 5. The summed E-state index contributed by atoms with van der Waals surface area (Å²) in [5.74, 6) is -0.114. The standard InChI is InChI=1S/C19H18F4N6O2S/c1-28-6-4-13(12(20)9-28)25-14-3-2-5-29-15(14)7-11(18(29)32-19(21,22)23)17-26-16(31-27-17)8-24-10-30/h2-3,5,7,12-13,25H,4,6,8-9H2,1H3/t12-,13+/m0/s1. The molecular weight excluding hydrogens is 452 g/mol. The second-order valence-electron chi connectivity index (χ2n) is 7.33. The van der Waals surface area contributed by atoms with Gasteiger partial charge < -0.3 is 19.1 Å². The average molecular weight is 470 g/mol.